The molecule has 1 aromatic heterocycles. The van der Waals surface area contributed by atoms with Crippen LogP contribution in [0.1, 0.15) is 68.9 Å². The van der Waals surface area contributed by atoms with Gasteiger partial charge in [0.25, 0.3) is 0 Å². The van der Waals surface area contributed by atoms with Gasteiger partial charge in [-0.05, 0) is 61.1 Å². The Balaban J connectivity index is 1.28. The first-order valence-electron chi connectivity index (χ1n) is 17.4. The number of carbonyl (C=O) groups is 2. The molecule has 4 bridgehead atoms. The lowest BCUT2D eigenvalue weighted by molar-refractivity contribution is -0.151. The van der Waals surface area contributed by atoms with E-state index >= 15 is 0 Å². The number of H-pyrrole nitrogens is 1. The minimum absolute atomic E-state index is 0.0148. The summed E-state index contributed by atoms with van der Waals surface area (Å²) in [6, 6.07) is 8.73. The molecule has 1 spiro atoms. The fourth-order valence-corrected chi connectivity index (χ4v) is 11.5. The molecule has 12 nitrogen and oxygen atoms in total. The predicted molar refractivity (Wildman–Crippen MR) is 188 cm³/mol. The molecule has 8 aliphatic heterocycles. The van der Waals surface area contributed by atoms with Gasteiger partial charge >= 0.3 is 11.9 Å². The SMILES string of the molecule is COc1c(C)cc2c(c1O)[C@H]1[N-]CC(C2)N2C1[C@@H]1S[C@]3(NCCc4c3[nH]c3ccccc43)C(=O)OC[C@H]2c2c3c(c(C)c(OC(C)=O)c21)OCO3. The Bertz CT molecular complexity index is 2200. The van der Waals surface area contributed by atoms with E-state index in [4.69, 9.17) is 29.0 Å². The summed E-state index contributed by atoms with van der Waals surface area (Å²) < 4.78 is 30.7. The first-order valence-corrected chi connectivity index (χ1v) is 18.3. The molecule has 3 aromatic carbocycles. The number of aromatic nitrogens is 1. The van der Waals surface area contributed by atoms with E-state index < -0.39 is 34.1 Å². The molecule has 2 fully saturated rings. The molecule has 0 amide bonds. The number of nitrogens with zero attached hydrogens (tertiary/aromatic N) is 2. The van der Waals surface area contributed by atoms with Gasteiger partial charge in [0, 0.05) is 47.1 Å². The van der Waals surface area contributed by atoms with Crippen molar-refractivity contribution in [3.8, 4) is 28.7 Å². The van der Waals surface area contributed by atoms with E-state index in [1.54, 1.807) is 7.11 Å². The van der Waals surface area contributed by atoms with Gasteiger partial charge in [-0.1, -0.05) is 30.3 Å². The van der Waals surface area contributed by atoms with Crippen LogP contribution in [0.2, 0.25) is 0 Å². The maximum absolute atomic E-state index is 14.8. The fourth-order valence-electron chi connectivity index (χ4n) is 9.73. The number of rotatable bonds is 2. The van der Waals surface area contributed by atoms with Crippen LogP contribution in [0.4, 0.5) is 0 Å². The quantitative estimate of drug-likeness (QED) is 0.185. The summed E-state index contributed by atoms with van der Waals surface area (Å²) in [4.78, 5) is 32.4. The first-order chi connectivity index (χ1) is 24.7. The molecule has 12 rings (SSSR count). The van der Waals surface area contributed by atoms with Crippen molar-refractivity contribution in [2.24, 2.45) is 0 Å². The number of benzene rings is 3. The Morgan fingerprint density at radius 1 is 1.12 bits per heavy atom. The van der Waals surface area contributed by atoms with Crippen LogP contribution >= 0.6 is 11.8 Å². The lowest BCUT2D eigenvalue weighted by Crippen LogP contribution is -2.58. The van der Waals surface area contributed by atoms with Crippen LogP contribution in [0.5, 0.6) is 28.7 Å². The van der Waals surface area contributed by atoms with Gasteiger partial charge in [-0.25, -0.2) is 4.79 Å². The Hall–Kier alpha value is -4.43. The number of phenols is 1. The van der Waals surface area contributed by atoms with E-state index in [9.17, 15) is 14.7 Å². The average molecular weight is 710 g/mol. The Morgan fingerprint density at radius 3 is 2.76 bits per heavy atom. The van der Waals surface area contributed by atoms with E-state index in [0.29, 0.717) is 48.1 Å². The van der Waals surface area contributed by atoms with Gasteiger partial charge in [-0.3, -0.25) is 15.0 Å². The zero-order valence-corrected chi connectivity index (χ0v) is 29.4. The molecule has 4 aromatic rings. The number of ether oxygens (including phenoxy) is 5. The van der Waals surface area contributed by atoms with Crippen LogP contribution in [0.3, 0.4) is 0 Å². The molecular weight excluding hydrogens is 673 g/mol. The molecule has 13 heteroatoms. The first kappa shape index (κ1) is 31.3. The van der Waals surface area contributed by atoms with Crippen LogP contribution in [-0.4, -0.2) is 72.6 Å². The van der Waals surface area contributed by atoms with Crippen LogP contribution in [0.25, 0.3) is 16.2 Å². The van der Waals surface area contributed by atoms with E-state index in [1.807, 2.05) is 32.0 Å². The number of aromatic amines is 1. The maximum atomic E-state index is 14.8. The fraction of sp³-hybridized carbons (Fsp3) is 0.421. The second-order valence-corrected chi connectivity index (χ2v) is 15.6. The number of carbonyl (C=O) groups excluding carboxylic acids is 2. The summed E-state index contributed by atoms with van der Waals surface area (Å²) in [5.41, 5.74) is 7.56. The van der Waals surface area contributed by atoms with Crippen molar-refractivity contribution in [2.45, 2.75) is 67.9 Å². The predicted octanol–water partition coefficient (Wildman–Crippen LogP) is 5.26. The number of hydrogen-bond acceptors (Lipinski definition) is 11. The second kappa shape index (κ2) is 11.0. The van der Waals surface area contributed by atoms with Gasteiger partial charge in [0.15, 0.2) is 23.0 Å². The summed E-state index contributed by atoms with van der Waals surface area (Å²) in [6.07, 6.45) is 1.35. The molecule has 7 atom stereocenters. The van der Waals surface area contributed by atoms with Crippen molar-refractivity contribution in [2.75, 3.05) is 33.6 Å². The highest BCUT2D eigenvalue weighted by Crippen LogP contribution is 2.66. The molecule has 3 N–H and O–H groups in total. The Morgan fingerprint density at radius 2 is 1.94 bits per heavy atom. The smallest absolute Gasteiger partial charge is 0.343 e. The molecule has 51 heavy (non-hydrogen) atoms. The van der Waals surface area contributed by atoms with E-state index in [0.717, 1.165) is 56.4 Å². The maximum Gasteiger partial charge on any atom is 0.343 e. The van der Waals surface area contributed by atoms with E-state index in [-0.39, 0.29) is 31.2 Å². The number of methoxy groups -OCH3 is 1. The highest BCUT2D eigenvalue weighted by molar-refractivity contribution is 8.01. The number of fused-ring (bicyclic) bond motifs is 7. The van der Waals surface area contributed by atoms with Crippen molar-refractivity contribution in [1.82, 2.24) is 15.2 Å². The number of piperazine rings is 1. The number of aromatic hydroxyl groups is 1. The third kappa shape index (κ3) is 4.14. The largest absolute Gasteiger partial charge is 0.653 e. The van der Waals surface area contributed by atoms with Crippen LogP contribution in [0.15, 0.2) is 30.3 Å². The van der Waals surface area contributed by atoms with Gasteiger partial charge in [0.05, 0.1) is 24.1 Å². The van der Waals surface area contributed by atoms with Crippen molar-refractivity contribution in [3.05, 3.63) is 80.3 Å². The van der Waals surface area contributed by atoms with Crippen molar-refractivity contribution in [3.63, 3.8) is 0 Å². The van der Waals surface area contributed by atoms with Crippen molar-refractivity contribution >= 4 is 34.6 Å². The number of para-hydroxylation sites is 1. The lowest BCUT2D eigenvalue weighted by atomic mass is 9.79. The standard InChI is InChI=1S/C38H37N4O8S/c1-16-11-19-12-20-13-39-28(25(19)30(44)31(16)46-4)29-35-27-26(34-33(48-15-49-34)17(2)32(27)50-18(3)43)24(42(20)29)14-47-37(45)38(51-35)36-22(9-10-40-38)21-7-5-6-8-23(21)41-36/h5-8,11,20,24,28-29,35,40-41,44H,9-10,12-15H2,1-4H3/q-1/t20?,24-,28+,29?,35+,38-/m0/s1. The normalized spacial score (nSPS) is 29.6. The Kier molecular flexibility index (Phi) is 6.78. The minimum Gasteiger partial charge on any atom is -0.653 e. The minimum atomic E-state index is -1.35. The number of thioether (sulfide) groups is 1. The number of esters is 2. The number of nitrogens with one attached hydrogen (secondary N) is 2. The number of aryl methyl sites for hydroxylation is 1. The summed E-state index contributed by atoms with van der Waals surface area (Å²) in [5.74, 6) is 1.14. The highest BCUT2D eigenvalue weighted by Gasteiger charge is 2.59. The lowest BCUT2D eigenvalue weighted by Gasteiger charge is -2.60. The van der Waals surface area contributed by atoms with E-state index in [2.05, 4.69) is 27.3 Å². The number of phenolic OH excluding ortho intramolecular Hbond substituents is 1. The average Bonchev–Trinajstić information content (AvgIpc) is 3.70. The van der Waals surface area contributed by atoms with Gasteiger partial charge in [-0.2, -0.15) is 0 Å². The monoisotopic (exact) mass is 709 g/mol. The van der Waals surface area contributed by atoms with Crippen molar-refractivity contribution in [1.29, 1.82) is 0 Å². The van der Waals surface area contributed by atoms with Gasteiger partial charge < -0.3 is 39.1 Å². The zero-order chi connectivity index (χ0) is 34.9. The third-order valence-electron chi connectivity index (χ3n) is 11.6. The molecule has 0 saturated carbocycles. The van der Waals surface area contributed by atoms with Crippen LogP contribution in [-0.2, 0) is 32.0 Å². The Labute approximate surface area is 298 Å². The molecule has 0 aliphatic carbocycles. The van der Waals surface area contributed by atoms with Gasteiger partial charge in [-0.15, -0.1) is 18.3 Å². The van der Waals surface area contributed by atoms with Gasteiger partial charge in [0.2, 0.25) is 11.7 Å². The molecule has 0 radical (unpaired) electrons. The van der Waals surface area contributed by atoms with E-state index in [1.165, 1.54) is 18.7 Å². The molecule has 8 aliphatic rings. The summed E-state index contributed by atoms with van der Waals surface area (Å²) in [6.45, 7) is 6.30. The highest BCUT2D eigenvalue weighted by atomic mass is 32.2. The van der Waals surface area contributed by atoms with Gasteiger partial charge in [0.1, 0.15) is 12.4 Å². The second-order valence-electron chi connectivity index (χ2n) is 14.2. The third-order valence-corrected chi connectivity index (χ3v) is 13.2. The zero-order valence-electron chi connectivity index (χ0n) is 28.6. The molecule has 3 unspecified atom stereocenters. The molecule has 2 saturated heterocycles. The van der Waals surface area contributed by atoms with Crippen LogP contribution < -0.4 is 24.3 Å². The summed E-state index contributed by atoms with van der Waals surface area (Å²) >= 11 is 1.45. The molecule has 264 valence electrons. The summed E-state index contributed by atoms with van der Waals surface area (Å²) in [7, 11) is 1.57. The molecule has 9 heterocycles. The van der Waals surface area contributed by atoms with Crippen molar-refractivity contribution < 1.29 is 38.4 Å². The van der Waals surface area contributed by atoms with Crippen LogP contribution in [0, 0.1) is 13.8 Å². The number of hydrogen-bond donors (Lipinski definition) is 3. The summed E-state index contributed by atoms with van der Waals surface area (Å²) in [5, 5.41) is 21.4. The topological polar surface area (TPSA) is 146 Å². The molecular formula is C38H37N4O8S-.